The molecule has 3 nitrogen and oxygen atoms in total. The summed E-state index contributed by atoms with van der Waals surface area (Å²) in [5, 5.41) is 0.369. The first-order valence-electron chi connectivity index (χ1n) is 6.59. The van der Waals surface area contributed by atoms with E-state index in [2.05, 4.69) is 25.8 Å². The molecule has 1 aliphatic rings. The summed E-state index contributed by atoms with van der Waals surface area (Å²) in [6.07, 6.45) is 2.83. The second-order valence-corrected chi connectivity index (χ2v) is 6.60. The van der Waals surface area contributed by atoms with Crippen LogP contribution >= 0.6 is 11.6 Å². The summed E-state index contributed by atoms with van der Waals surface area (Å²) < 4.78 is 4.85. The quantitative estimate of drug-likeness (QED) is 0.582. The van der Waals surface area contributed by atoms with Gasteiger partial charge in [0.1, 0.15) is 5.15 Å². The van der Waals surface area contributed by atoms with Gasteiger partial charge in [0.25, 0.3) is 0 Å². The molecule has 0 aliphatic heterocycles. The maximum absolute atomic E-state index is 11.9. The number of carbonyl (C=O) groups is 1. The third-order valence-corrected chi connectivity index (χ3v) is 4.18. The highest BCUT2D eigenvalue weighted by Crippen LogP contribution is 2.38. The summed E-state index contributed by atoms with van der Waals surface area (Å²) >= 11 is 5.99. The van der Waals surface area contributed by atoms with Crippen LogP contribution < -0.4 is 0 Å². The fourth-order valence-electron chi connectivity index (χ4n) is 2.72. The SMILES string of the molecule is COC(=O)c1cc(Cl)nc2c1CC(C(C)(C)C)CC2. The number of halogens is 1. The van der Waals surface area contributed by atoms with Gasteiger partial charge < -0.3 is 4.74 Å². The average Bonchev–Trinajstić information content (AvgIpc) is 2.35. The first-order chi connectivity index (χ1) is 8.82. The number of hydrogen-bond donors (Lipinski definition) is 0. The molecule has 1 atom stereocenters. The molecule has 2 rings (SSSR count). The smallest absolute Gasteiger partial charge is 0.338 e. The van der Waals surface area contributed by atoms with Crippen LogP contribution in [0.4, 0.5) is 0 Å². The standard InChI is InChI=1S/C15H20ClNO2/c1-15(2,3)9-5-6-12-10(7-9)11(14(18)19-4)8-13(16)17-12/h8-9H,5-7H2,1-4H3. The Hall–Kier alpha value is -1.09. The van der Waals surface area contributed by atoms with Crippen LogP contribution in [0.5, 0.6) is 0 Å². The van der Waals surface area contributed by atoms with Crippen molar-refractivity contribution in [3.05, 3.63) is 28.0 Å². The van der Waals surface area contributed by atoms with E-state index in [-0.39, 0.29) is 11.4 Å². The summed E-state index contributed by atoms with van der Waals surface area (Å²) in [4.78, 5) is 16.3. The number of methoxy groups -OCH3 is 1. The summed E-state index contributed by atoms with van der Waals surface area (Å²) in [6, 6.07) is 1.62. The molecule has 1 heterocycles. The molecular formula is C15H20ClNO2. The molecule has 0 bridgehead atoms. The predicted octanol–water partition coefficient (Wildman–Crippen LogP) is 3.67. The fraction of sp³-hybridized carbons (Fsp3) is 0.600. The van der Waals surface area contributed by atoms with E-state index in [0.717, 1.165) is 30.5 Å². The third kappa shape index (κ3) is 2.92. The molecule has 1 aromatic heterocycles. The van der Waals surface area contributed by atoms with Gasteiger partial charge in [-0.25, -0.2) is 9.78 Å². The summed E-state index contributed by atoms with van der Waals surface area (Å²) in [5.41, 5.74) is 2.77. The molecule has 1 aliphatic carbocycles. The van der Waals surface area contributed by atoms with Crippen LogP contribution in [0.2, 0.25) is 5.15 Å². The Bertz CT molecular complexity index is 506. The number of carbonyl (C=O) groups excluding carboxylic acids is 1. The maximum Gasteiger partial charge on any atom is 0.338 e. The second-order valence-electron chi connectivity index (χ2n) is 6.22. The number of esters is 1. The third-order valence-electron chi connectivity index (χ3n) is 3.99. The normalized spacial score (nSPS) is 18.9. The van der Waals surface area contributed by atoms with Gasteiger partial charge in [0, 0.05) is 5.69 Å². The number of aryl methyl sites for hydroxylation is 1. The zero-order valence-corrected chi connectivity index (χ0v) is 12.7. The monoisotopic (exact) mass is 281 g/mol. The van der Waals surface area contributed by atoms with Crippen molar-refractivity contribution in [1.29, 1.82) is 0 Å². The first kappa shape index (κ1) is 14.3. The molecule has 1 unspecified atom stereocenters. The van der Waals surface area contributed by atoms with Gasteiger partial charge in [-0.05, 0) is 42.2 Å². The summed E-state index contributed by atoms with van der Waals surface area (Å²) in [5.74, 6) is 0.224. The summed E-state index contributed by atoms with van der Waals surface area (Å²) in [7, 11) is 1.40. The van der Waals surface area contributed by atoms with Crippen LogP contribution in [0.15, 0.2) is 6.07 Å². The van der Waals surface area contributed by atoms with Gasteiger partial charge in [-0.15, -0.1) is 0 Å². The number of ether oxygens (including phenoxy) is 1. The van der Waals surface area contributed by atoms with E-state index in [0.29, 0.717) is 16.6 Å². The van der Waals surface area contributed by atoms with Gasteiger partial charge in [-0.3, -0.25) is 0 Å². The van der Waals surface area contributed by atoms with Crippen LogP contribution in [-0.2, 0) is 17.6 Å². The van der Waals surface area contributed by atoms with Gasteiger partial charge in [0.15, 0.2) is 0 Å². The lowest BCUT2D eigenvalue weighted by Gasteiger charge is -2.35. The minimum Gasteiger partial charge on any atom is -0.465 e. The van der Waals surface area contributed by atoms with Crippen LogP contribution in [0.1, 0.15) is 48.8 Å². The lowest BCUT2D eigenvalue weighted by molar-refractivity contribution is 0.0597. The molecular weight excluding hydrogens is 262 g/mol. The molecule has 1 aromatic rings. The van der Waals surface area contributed by atoms with Crippen molar-refractivity contribution in [3.63, 3.8) is 0 Å². The highest BCUT2D eigenvalue weighted by atomic mass is 35.5. The highest BCUT2D eigenvalue weighted by Gasteiger charge is 2.32. The van der Waals surface area contributed by atoms with E-state index in [1.54, 1.807) is 6.07 Å². The Balaban J connectivity index is 2.44. The van der Waals surface area contributed by atoms with Gasteiger partial charge >= 0.3 is 5.97 Å². The Morgan fingerprint density at radius 1 is 1.47 bits per heavy atom. The van der Waals surface area contributed by atoms with E-state index in [9.17, 15) is 4.79 Å². The van der Waals surface area contributed by atoms with Crippen LogP contribution in [-0.4, -0.2) is 18.1 Å². The predicted molar refractivity (Wildman–Crippen MR) is 75.6 cm³/mol. The first-order valence-corrected chi connectivity index (χ1v) is 6.97. The molecule has 0 saturated carbocycles. The largest absolute Gasteiger partial charge is 0.465 e. The number of fused-ring (bicyclic) bond motifs is 1. The minimum atomic E-state index is -0.324. The number of aromatic nitrogens is 1. The molecule has 0 spiro atoms. The van der Waals surface area contributed by atoms with Gasteiger partial charge in [-0.2, -0.15) is 0 Å². The fourth-order valence-corrected chi connectivity index (χ4v) is 2.93. The molecule has 0 N–H and O–H groups in total. The van der Waals surface area contributed by atoms with Crippen LogP contribution in [0.25, 0.3) is 0 Å². The van der Waals surface area contributed by atoms with Crippen molar-refractivity contribution in [3.8, 4) is 0 Å². The number of pyridine rings is 1. The number of rotatable bonds is 1. The van der Waals surface area contributed by atoms with E-state index >= 15 is 0 Å². The van der Waals surface area contributed by atoms with Crippen molar-refractivity contribution in [2.45, 2.75) is 40.0 Å². The molecule has 0 fully saturated rings. The van der Waals surface area contributed by atoms with Crippen molar-refractivity contribution >= 4 is 17.6 Å². The topological polar surface area (TPSA) is 39.2 Å². The zero-order chi connectivity index (χ0) is 14.2. The molecule has 0 aromatic carbocycles. The van der Waals surface area contributed by atoms with Gasteiger partial charge in [-0.1, -0.05) is 32.4 Å². The Morgan fingerprint density at radius 3 is 2.74 bits per heavy atom. The number of nitrogens with zero attached hydrogens (tertiary/aromatic N) is 1. The van der Waals surface area contributed by atoms with Crippen molar-refractivity contribution < 1.29 is 9.53 Å². The van der Waals surface area contributed by atoms with E-state index < -0.39 is 0 Å². The minimum absolute atomic E-state index is 0.227. The Morgan fingerprint density at radius 2 is 2.16 bits per heavy atom. The van der Waals surface area contributed by atoms with Gasteiger partial charge in [0.05, 0.1) is 12.7 Å². The van der Waals surface area contributed by atoms with Gasteiger partial charge in [0.2, 0.25) is 0 Å². The van der Waals surface area contributed by atoms with E-state index in [1.807, 2.05) is 0 Å². The zero-order valence-electron chi connectivity index (χ0n) is 11.9. The lowest BCUT2D eigenvalue weighted by atomic mass is 9.71. The van der Waals surface area contributed by atoms with Crippen molar-refractivity contribution in [2.75, 3.05) is 7.11 Å². The van der Waals surface area contributed by atoms with E-state index in [4.69, 9.17) is 16.3 Å². The Kier molecular flexibility index (Phi) is 3.86. The Labute approximate surface area is 119 Å². The molecule has 0 amide bonds. The van der Waals surface area contributed by atoms with Crippen LogP contribution in [0, 0.1) is 11.3 Å². The molecule has 104 valence electrons. The highest BCUT2D eigenvalue weighted by molar-refractivity contribution is 6.29. The van der Waals surface area contributed by atoms with Crippen molar-refractivity contribution in [1.82, 2.24) is 4.98 Å². The molecule has 19 heavy (non-hydrogen) atoms. The maximum atomic E-state index is 11.9. The van der Waals surface area contributed by atoms with E-state index in [1.165, 1.54) is 7.11 Å². The average molecular weight is 282 g/mol. The molecule has 4 heteroatoms. The van der Waals surface area contributed by atoms with Crippen molar-refractivity contribution in [2.24, 2.45) is 11.3 Å². The van der Waals surface area contributed by atoms with Crippen LogP contribution in [0.3, 0.4) is 0 Å². The second kappa shape index (κ2) is 5.12. The lowest BCUT2D eigenvalue weighted by Crippen LogP contribution is -2.29. The summed E-state index contributed by atoms with van der Waals surface area (Å²) in [6.45, 7) is 6.72. The molecule has 0 saturated heterocycles. The molecule has 0 radical (unpaired) electrons. The number of hydrogen-bond acceptors (Lipinski definition) is 3.